The summed E-state index contributed by atoms with van der Waals surface area (Å²) >= 11 is 0.666. The first-order chi connectivity index (χ1) is 24.9. The van der Waals surface area contributed by atoms with Crippen molar-refractivity contribution in [1.82, 2.24) is 30.2 Å². The normalized spacial score (nSPS) is 21.9. The number of fused-ring (bicyclic) bond motifs is 1. The third-order valence-electron chi connectivity index (χ3n) is 7.03. The lowest BCUT2D eigenvalue weighted by Gasteiger charge is -2.36. The summed E-state index contributed by atoms with van der Waals surface area (Å²) in [5.74, 6) is -3.21. The molecule has 0 bridgehead atoms. The number of nitrogens with zero attached hydrogens (tertiary/aromatic N) is 4. The molecule has 2 aromatic rings. The second kappa shape index (κ2) is 18.8. The molecule has 0 radical (unpaired) electrons. The maximum atomic E-state index is 12.5. The van der Waals surface area contributed by atoms with Crippen molar-refractivity contribution >= 4 is 75.1 Å². The van der Waals surface area contributed by atoms with E-state index in [1.807, 2.05) is 0 Å². The van der Waals surface area contributed by atoms with Crippen LogP contribution in [0.5, 0.6) is 0 Å². The molecule has 0 aromatic carbocycles. The number of aliphatic carboxylic acids is 1. The molecule has 304 valence electrons. The van der Waals surface area contributed by atoms with Crippen LogP contribution in [0.3, 0.4) is 0 Å². The van der Waals surface area contributed by atoms with Gasteiger partial charge in [-0.3, -0.25) is 28.1 Å². The van der Waals surface area contributed by atoms with Gasteiger partial charge < -0.3 is 78.9 Å². The van der Waals surface area contributed by atoms with Gasteiger partial charge in [-0.05, 0) is 0 Å². The summed E-state index contributed by atoms with van der Waals surface area (Å²) in [5, 5.41) is 35.6. The van der Waals surface area contributed by atoms with Gasteiger partial charge in [0.2, 0.25) is 11.8 Å². The first kappa shape index (κ1) is 45.4. The number of nitrogens with two attached hydrogens (primary N) is 1. The van der Waals surface area contributed by atoms with Crippen molar-refractivity contribution in [2.45, 2.75) is 57.3 Å². The number of imidazole rings is 1. The van der Waals surface area contributed by atoms with Crippen LogP contribution in [0, 0.1) is 5.41 Å². The van der Waals surface area contributed by atoms with E-state index in [-0.39, 0.29) is 42.2 Å². The lowest BCUT2D eigenvalue weighted by molar-refractivity contribution is -0.347. The van der Waals surface area contributed by atoms with Crippen molar-refractivity contribution in [3.63, 3.8) is 0 Å². The summed E-state index contributed by atoms with van der Waals surface area (Å²) in [5.41, 5.74) is 3.99. The van der Waals surface area contributed by atoms with Gasteiger partial charge in [-0.2, -0.15) is 0 Å². The third kappa shape index (κ3) is 13.6. The van der Waals surface area contributed by atoms with Crippen LogP contribution in [0.15, 0.2) is 12.7 Å². The number of nitrogens with one attached hydrogen (secondary N) is 2. The lowest BCUT2D eigenvalue weighted by Crippen LogP contribution is -2.46. The second-order valence-corrected chi connectivity index (χ2v) is 17.0. The third-order valence-corrected chi connectivity index (χ3v) is 10.9. The molecule has 3 rings (SSSR count). The number of anilines is 1. The summed E-state index contributed by atoms with van der Waals surface area (Å²) in [6, 6.07) is 0. The Morgan fingerprint density at radius 2 is 1.74 bits per heavy atom. The monoisotopic (exact) mass is 848 g/mol. The Bertz CT molecular complexity index is 1830. The maximum absolute atomic E-state index is 12.5. The predicted molar refractivity (Wildman–Crippen MR) is 168 cm³/mol. The molecule has 7 unspecified atom stereocenters. The highest BCUT2D eigenvalue weighted by Crippen LogP contribution is 2.56. The molecule has 1 saturated heterocycles. The zero-order valence-corrected chi connectivity index (χ0v) is 31.4. The first-order valence-electron chi connectivity index (χ1n) is 15.1. The molecule has 1 aliphatic rings. The van der Waals surface area contributed by atoms with Crippen LogP contribution >= 0.6 is 35.2 Å². The van der Waals surface area contributed by atoms with E-state index in [4.69, 9.17) is 10.5 Å². The van der Waals surface area contributed by atoms with Crippen molar-refractivity contribution in [3.05, 3.63) is 12.7 Å². The van der Waals surface area contributed by atoms with Gasteiger partial charge in [0.05, 0.1) is 33.8 Å². The van der Waals surface area contributed by atoms with E-state index in [1.54, 1.807) is 0 Å². The van der Waals surface area contributed by atoms with E-state index in [0.29, 0.717) is 11.8 Å². The van der Waals surface area contributed by atoms with Crippen LogP contribution in [-0.4, -0.2) is 109 Å². The number of hydrogen-bond donors (Lipinski definition) is 5. The predicted octanol–water partition coefficient (Wildman–Crippen LogP) is -5.72. The van der Waals surface area contributed by atoms with Gasteiger partial charge in [0.15, 0.2) is 22.8 Å². The summed E-state index contributed by atoms with van der Waals surface area (Å²) in [7, 11) is -17.6. The van der Waals surface area contributed by atoms with Gasteiger partial charge in [0.1, 0.15) is 36.3 Å². The van der Waals surface area contributed by atoms with E-state index < -0.39 is 102 Å². The first-order valence-corrected chi connectivity index (χ1v) is 20.5. The number of rotatable bonds is 21. The fourth-order valence-electron chi connectivity index (χ4n) is 4.44. The Balaban J connectivity index is 1.51. The van der Waals surface area contributed by atoms with Crippen molar-refractivity contribution < 1.29 is 90.4 Å². The molecule has 1 aliphatic heterocycles. The van der Waals surface area contributed by atoms with Crippen molar-refractivity contribution in [1.29, 1.82) is 0 Å². The van der Waals surface area contributed by atoms with E-state index in [1.165, 1.54) is 0 Å². The zero-order chi connectivity index (χ0) is 40.6. The molecule has 54 heavy (non-hydrogen) atoms. The minimum absolute atomic E-state index is 0.00282. The zero-order valence-electron chi connectivity index (χ0n) is 27.9. The number of hydrogen-bond acceptors (Lipinski definition) is 24. The number of carboxylic acid groups (broad SMARTS) is 1. The molecule has 30 heteroatoms. The van der Waals surface area contributed by atoms with Crippen LogP contribution in [0.2, 0.25) is 0 Å². The van der Waals surface area contributed by atoms with Crippen LogP contribution < -0.4 is 41.0 Å². The quantitative estimate of drug-likeness (QED) is 0.0444. The Morgan fingerprint density at radius 1 is 1.07 bits per heavy atom. The summed E-state index contributed by atoms with van der Waals surface area (Å²) in [6.45, 7) is -0.310. The maximum Gasteiger partial charge on any atom is 0.274 e. The molecular formula is C24H33N7O19P3S-5. The number of carboxylic acids is 1. The molecular weight excluding hydrogens is 815 g/mol. The number of amides is 2. The van der Waals surface area contributed by atoms with E-state index in [0.717, 1.165) is 31.1 Å². The summed E-state index contributed by atoms with van der Waals surface area (Å²) in [6.07, 6.45) is -8.60. The minimum Gasteiger partial charge on any atom is -0.790 e. The SMILES string of the molecule is CC(C)(COP(=O)([O-])OP(=O)([O-])OCC1OC(n2cnc3c(N)ncnc32)C(O)C1OP(=O)([O-])[O-])C(O)C(=O)NCCC(=O)NCCSC(=O)CC(=O)[O-]. The molecule has 0 saturated carbocycles. The standard InChI is InChI=1S/C24H38N7O19P3S/c1-24(2,19(37)22(38)27-4-3-13(32)26-5-6-54-15(35)7-14(33)34)9-47-53(44,45)50-52(42,43)46-8-12-18(49-51(39,40)41)17(36)23(48-12)31-11-30-16-20(25)28-10-29-21(16)31/h10-12,17-19,23,36-37H,3-9H2,1-2H3,(H,26,32)(H,27,38)(H,33,34)(H,42,43)(H,44,45)(H2,25,28,29)(H2,39,40,41)/p-5. The fourth-order valence-corrected chi connectivity index (χ4v) is 7.83. The highest BCUT2D eigenvalue weighted by Gasteiger charge is 2.47. The van der Waals surface area contributed by atoms with Gasteiger partial charge in [0, 0.05) is 36.6 Å². The lowest BCUT2D eigenvalue weighted by atomic mass is 9.87. The van der Waals surface area contributed by atoms with Crippen molar-refractivity contribution in [2.75, 3.05) is 37.8 Å². The number of thioether (sulfide) groups is 1. The summed E-state index contributed by atoms with van der Waals surface area (Å²) < 4.78 is 60.2. The number of phosphoric acid groups is 3. The Morgan fingerprint density at radius 3 is 2.39 bits per heavy atom. The molecule has 0 spiro atoms. The fraction of sp³-hybridized carbons (Fsp3) is 0.625. The van der Waals surface area contributed by atoms with Crippen molar-refractivity contribution in [2.24, 2.45) is 5.41 Å². The van der Waals surface area contributed by atoms with Crippen LogP contribution in [-0.2, 0) is 55.5 Å². The van der Waals surface area contributed by atoms with Crippen LogP contribution in [0.25, 0.3) is 11.2 Å². The average molecular weight is 849 g/mol. The highest BCUT2D eigenvalue weighted by atomic mass is 32.2. The van der Waals surface area contributed by atoms with Gasteiger partial charge >= 0.3 is 0 Å². The molecule has 1 fully saturated rings. The number of phosphoric ester groups is 3. The smallest absolute Gasteiger partial charge is 0.274 e. The molecule has 7 atom stereocenters. The number of ether oxygens (including phenoxy) is 1. The van der Waals surface area contributed by atoms with Gasteiger partial charge in [0.25, 0.3) is 15.6 Å². The Hall–Kier alpha value is -2.97. The Labute approximate surface area is 308 Å². The van der Waals surface area contributed by atoms with Crippen LogP contribution in [0.1, 0.15) is 32.9 Å². The largest absolute Gasteiger partial charge is 0.790 e. The van der Waals surface area contributed by atoms with Gasteiger partial charge in [-0.15, -0.1) is 0 Å². The topological polar surface area (TPSA) is 415 Å². The molecule has 3 heterocycles. The molecule has 2 aromatic heterocycles. The highest BCUT2D eigenvalue weighted by molar-refractivity contribution is 8.13. The number of carbonyl (C=O) groups is 4. The number of aliphatic hydroxyl groups excluding tert-OH is 2. The second-order valence-electron chi connectivity index (χ2n) is 11.8. The molecule has 2 amide bonds. The summed E-state index contributed by atoms with van der Waals surface area (Å²) in [4.78, 5) is 105. The number of aliphatic hydroxyl groups is 2. The van der Waals surface area contributed by atoms with Crippen molar-refractivity contribution in [3.8, 4) is 0 Å². The van der Waals surface area contributed by atoms with Gasteiger partial charge in [-0.1, -0.05) is 25.6 Å². The van der Waals surface area contributed by atoms with E-state index in [9.17, 15) is 67.8 Å². The van der Waals surface area contributed by atoms with Gasteiger partial charge in [-0.25, -0.2) is 19.3 Å². The molecule has 26 nitrogen and oxygen atoms in total. The van der Waals surface area contributed by atoms with E-state index >= 15 is 0 Å². The number of carbonyl (C=O) groups excluding carboxylic acids is 4. The van der Waals surface area contributed by atoms with Crippen LogP contribution in [0.4, 0.5) is 5.82 Å². The minimum atomic E-state index is -5.93. The van der Waals surface area contributed by atoms with E-state index in [2.05, 4.69) is 43.5 Å². The molecule has 0 aliphatic carbocycles. The molecule has 6 N–H and O–H groups in total. The Kier molecular flexibility index (Phi) is 15.8. The number of aromatic nitrogens is 4. The number of nitrogen functional groups attached to an aromatic ring is 1. The average Bonchev–Trinajstić information content (AvgIpc) is 3.60.